The number of carboxylic acids is 1. The molecule has 5 heteroatoms. The van der Waals surface area contributed by atoms with Crippen molar-refractivity contribution in [3.63, 3.8) is 0 Å². The first kappa shape index (κ1) is 16.8. The van der Waals surface area contributed by atoms with E-state index in [1.54, 1.807) is 4.90 Å². The normalized spacial score (nSPS) is 17.2. The number of hydrogen-bond acceptors (Lipinski definition) is 2. The standard InChI is InChI=1S/C15H28N2O3/c1-11(2)8-12(9-14(18)19)10-16-15(20)17(3)13-6-4-5-7-13/h11-13H,4-10H2,1-3H3,(H,16,20)(H,18,19)/t12-/m0/s1. The van der Waals surface area contributed by atoms with E-state index in [1.807, 2.05) is 7.05 Å². The number of rotatable bonds is 7. The number of hydrogen-bond donors (Lipinski definition) is 2. The average molecular weight is 284 g/mol. The van der Waals surface area contributed by atoms with E-state index in [4.69, 9.17) is 5.11 Å². The first-order chi connectivity index (χ1) is 9.40. The number of amides is 2. The smallest absolute Gasteiger partial charge is 0.317 e. The molecule has 0 bridgehead atoms. The van der Waals surface area contributed by atoms with Gasteiger partial charge in [0.15, 0.2) is 0 Å². The molecule has 1 fully saturated rings. The maximum Gasteiger partial charge on any atom is 0.317 e. The van der Waals surface area contributed by atoms with Crippen LogP contribution in [0.1, 0.15) is 52.4 Å². The highest BCUT2D eigenvalue weighted by molar-refractivity contribution is 5.74. The van der Waals surface area contributed by atoms with Gasteiger partial charge < -0.3 is 15.3 Å². The Labute approximate surface area is 121 Å². The number of nitrogens with one attached hydrogen (secondary N) is 1. The molecule has 1 atom stereocenters. The molecule has 1 aliphatic rings. The second-order valence-corrected chi connectivity index (χ2v) is 6.33. The summed E-state index contributed by atoms with van der Waals surface area (Å²) in [5.41, 5.74) is 0. The highest BCUT2D eigenvalue weighted by atomic mass is 16.4. The van der Waals surface area contributed by atoms with Crippen LogP contribution in [0.25, 0.3) is 0 Å². The predicted molar refractivity (Wildman–Crippen MR) is 78.6 cm³/mol. The molecule has 0 unspecified atom stereocenters. The van der Waals surface area contributed by atoms with Crippen LogP contribution >= 0.6 is 0 Å². The molecule has 0 radical (unpaired) electrons. The summed E-state index contributed by atoms with van der Waals surface area (Å²) in [7, 11) is 1.83. The van der Waals surface area contributed by atoms with Gasteiger partial charge in [0.1, 0.15) is 0 Å². The zero-order valence-corrected chi connectivity index (χ0v) is 12.9. The highest BCUT2D eigenvalue weighted by Gasteiger charge is 2.24. The van der Waals surface area contributed by atoms with Gasteiger partial charge in [0.05, 0.1) is 0 Å². The summed E-state index contributed by atoms with van der Waals surface area (Å²) in [6.45, 7) is 4.59. The molecule has 20 heavy (non-hydrogen) atoms. The van der Waals surface area contributed by atoms with Crippen LogP contribution in [0.15, 0.2) is 0 Å². The maximum absolute atomic E-state index is 12.1. The number of carboxylic acid groups (broad SMARTS) is 1. The number of aliphatic carboxylic acids is 1. The van der Waals surface area contributed by atoms with Crippen LogP contribution in [0, 0.1) is 11.8 Å². The van der Waals surface area contributed by atoms with Gasteiger partial charge in [-0.25, -0.2) is 4.79 Å². The minimum absolute atomic E-state index is 0.00780. The van der Waals surface area contributed by atoms with Gasteiger partial charge >= 0.3 is 12.0 Å². The Morgan fingerprint density at radius 3 is 2.40 bits per heavy atom. The summed E-state index contributed by atoms with van der Waals surface area (Å²) in [5, 5.41) is 11.8. The van der Waals surface area contributed by atoms with E-state index in [0.29, 0.717) is 18.5 Å². The fourth-order valence-corrected chi connectivity index (χ4v) is 2.97. The molecule has 2 N–H and O–H groups in total. The molecule has 0 heterocycles. The monoisotopic (exact) mass is 284 g/mol. The first-order valence-electron chi connectivity index (χ1n) is 7.62. The van der Waals surface area contributed by atoms with Gasteiger partial charge in [-0.2, -0.15) is 0 Å². The molecule has 5 nitrogen and oxygen atoms in total. The molecular weight excluding hydrogens is 256 g/mol. The first-order valence-corrected chi connectivity index (χ1v) is 7.62. The molecule has 0 aromatic heterocycles. The van der Waals surface area contributed by atoms with Crippen molar-refractivity contribution >= 4 is 12.0 Å². The molecule has 0 spiro atoms. The zero-order chi connectivity index (χ0) is 15.1. The molecule has 0 saturated heterocycles. The Hall–Kier alpha value is -1.26. The Morgan fingerprint density at radius 2 is 1.90 bits per heavy atom. The van der Waals surface area contributed by atoms with Crippen molar-refractivity contribution in [2.45, 2.75) is 58.4 Å². The van der Waals surface area contributed by atoms with Gasteiger partial charge in [0.2, 0.25) is 0 Å². The number of nitrogens with zero attached hydrogens (tertiary/aromatic N) is 1. The maximum atomic E-state index is 12.1. The summed E-state index contributed by atoms with van der Waals surface area (Å²) >= 11 is 0. The molecular formula is C15H28N2O3. The summed E-state index contributed by atoms with van der Waals surface area (Å²) < 4.78 is 0. The summed E-state index contributed by atoms with van der Waals surface area (Å²) in [5.74, 6) is -0.355. The van der Waals surface area contributed by atoms with E-state index < -0.39 is 5.97 Å². The molecule has 1 saturated carbocycles. The zero-order valence-electron chi connectivity index (χ0n) is 12.9. The van der Waals surface area contributed by atoms with Crippen LogP contribution in [-0.4, -0.2) is 41.6 Å². The van der Waals surface area contributed by atoms with Crippen molar-refractivity contribution < 1.29 is 14.7 Å². The SMILES string of the molecule is CC(C)C[C@H](CNC(=O)N(C)C1CCCC1)CC(=O)O. The van der Waals surface area contributed by atoms with Gasteiger partial charge in [-0.15, -0.1) is 0 Å². The molecule has 0 aromatic carbocycles. The second kappa shape index (κ2) is 8.12. The van der Waals surface area contributed by atoms with E-state index in [2.05, 4.69) is 19.2 Å². The summed E-state index contributed by atoms with van der Waals surface area (Å²) in [6, 6.07) is 0.272. The Kier molecular flexibility index (Phi) is 6.82. The van der Waals surface area contributed by atoms with Crippen molar-refractivity contribution in [2.24, 2.45) is 11.8 Å². The largest absolute Gasteiger partial charge is 0.481 e. The third-order valence-corrected chi connectivity index (χ3v) is 4.00. The third-order valence-electron chi connectivity index (χ3n) is 4.00. The van der Waals surface area contributed by atoms with E-state index >= 15 is 0 Å². The van der Waals surface area contributed by atoms with Crippen molar-refractivity contribution in [1.29, 1.82) is 0 Å². The van der Waals surface area contributed by atoms with Gasteiger partial charge in [-0.05, 0) is 31.1 Å². The van der Waals surface area contributed by atoms with Gasteiger partial charge in [0.25, 0.3) is 0 Å². The molecule has 116 valence electrons. The molecule has 1 rings (SSSR count). The molecule has 1 aliphatic carbocycles. The van der Waals surface area contributed by atoms with Crippen molar-refractivity contribution in [3.05, 3.63) is 0 Å². The fraction of sp³-hybridized carbons (Fsp3) is 0.867. The van der Waals surface area contributed by atoms with E-state index in [-0.39, 0.29) is 18.4 Å². The second-order valence-electron chi connectivity index (χ2n) is 6.33. The van der Waals surface area contributed by atoms with Crippen molar-refractivity contribution in [2.75, 3.05) is 13.6 Å². The molecule has 2 amide bonds. The van der Waals surface area contributed by atoms with Crippen LogP contribution in [0.5, 0.6) is 0 Å². The van der Waals surface area contributed by atoms with Gasteiger partial charge in [0, 0.05) is 26.1 Å². The quantitative estimate of drug-likeness (QED) is 0.755. The lowest BCUT2D eigenvalue weighted by Crippen LogP contribution is -2.44. The van der Waals surface area contributed by atoms with Crippen LogP contribution in [0.2, 0.25) is 0 Å². The van der Waals surface area contributed by atoms with E-state index in [0.717, 1.165) is 19.3 Å². The Morgan fingerprint density at radius 1 is 1.30 bits per heavy atom. The van der Waals surface area contributed by atoms with Crippen LogP contribution < -0.4 is 5.32 Å². The molecule has 0 aliphatic heterocycles. The average Bonchev–Trinajstić information content (AvgIpc) is 2.87. The Bertz CT molecular complexity index is 325. The third kappa shape index (κ3) is 5.80. The number of carbonyl (C=O) groups is 2. The summed E-state index contributed by atoms with van der Waals surface area (Å²) in [4.78, 5) is 24.7. The van der Waals surface area contributed by atoms with E-state index in [9.17, 15) is 9.59 Å². The Balaban J connectivity index is 2.40. The minimum Gasteiger partial charge on any atom is -0.481 e. The number of carbonyl (C=O) groups excluding carboxylic acids is 1. The summed E-state index contributed by atoms with van der Waals surface area (Å²) in [6.07, 6.45) is 5.48. The topological polar surface area (TPSA) is 69.6 Å². The minimum atomic E-state index is -0.797. The van der Waals surface area contributed by atoms with E-state index in [1.165, 1.54) is 12.8 Å². The van der Waals surface area contributed by atoms with Crippen LogP contribution in [0.4, 0.5) is 4.79 Å². The number of urea groups is 1. The lowest BCUT2D eigenvalue weighted by atomic mass is 9.94. The van der Waals surface area contributed by atoms with Crippen molar-refractivity contribution in [1.82, 2.24) is 10.2 Å². The highest BCUT2D eigenvalue weighted by Crippen LogP contribution is 2.22. The predicted octanol–water partition coefficient (Wildman–Crippen LogP) is 2.71. The fourth-order valence-electron chi connectivity index (χ4n) is 2.97. The lowest BCUT2D eigenvalue weighted by Gasteiger charge is -2.26. The lowest BCUT2D eigenvalue weighted by molar-refractivity contribution is -0.138. The van der Waals surface area contributed by atoms with Crippen LogP contribution in [0.3, 0.4) is 0 Å². The van der Waals surface area contributed by atoms with Crippen LogP contribution in [-0.2, 0) is 4.79 Å². The van der Waals surface area contributed by atoms with Gasteiger partial charge in [-0.3, -0.25) is 4.79 Å². The van der Waals surface area contributed by atoms with Gasteiger partial charge in [-0.1, -0.05) is 26.7 Å². The van der Waals surface area contributed by atoms with Crippen molar-refractivity contribution in [3.8, 4) is 0 Å². The molecule has 0 aromatic rings.